The van der Waals surface area contributed by atoms with Crippen molar-refractivity contribution < 1.29 is 18.7 Å². The van der Waals surface area contributed by atoms with Gasteiger partial charge in [-0.2, -0.15) is 9.37 Å². The van der Waals surface area contributed by atoms with Gasteiger partial charge in [-0.15, -0.1) is 0 Å². The van der Waals surface area contributed by atoms with Crippen molar-refractivity contribution in [2.75, 3.05) is 38.7 Å². The number of anilines is 1. The van der Waals surface area contributed by atoms with Crippen LogP contribution < -0.4 is 20.3 Å². The number of carbonyl (C=O) groups is 2. The number of hydrogen-bond acceptors (Lipinski definition) is 9. The summed E-state index contributed by atoms with van der Waals surface area (Å²) in [6, 6.07) is 6.41. The van der Waals surface area contributed by atoms with Crippen LogP contribution in [0.2, 0.25) is 0 Å². The van der Waals surface area contributed by atoms with Gasteiger partial charge in [-0.05, 0) is 55.3 Å². The number of piperidine rings is 1. The minimum atomic E-state index is -0.470. The second-order valence-electron chi connectivity index (χ2n) is 7.45. The maximum absolute atomic E-state index is 13.2. The summed E-state index contributed by atoms with van der Waals surface area (Å²) < 4.78 is 18.5. The Morgan fingerprint density at radius 1 is 1.30 bits per heavy atom. The highest BCUT2D eigenvalue weighted by Gasteiger charge is 2.22. The molecular weight excluding hydrogens is 447 g/mol. The molecular formula is C22H27FN6O3S. The van der Waals surface area contributed by atoms with Crippen molar-refractivity contribution in [1.82, 2.24) is 25.6 Å². The van der Waals surface area contributed by atoms with Gasteiger partial charge in [0.2, 0.25) is 17.8 Å². The normalized spacial score (nSPS) is 14.8. The number of halogens is 1. The Labute approximate surface area is 196 Å². The first-order valence-electron chi connectivity index (χ1n) is 10.6. The molecule has 1 aliphatic rings. The average molecular weight is 475 g/mol. The predicted molar refractivity (Wildman–Crippen MR) is 126 cm³/mol. The molecule has 3 rings (SSSR count). The average Bonchev–Trinajstić information content (AvgIpc) is 2.83. The minimum absolute atomic E-state index is 0.235. The summed E-state index contributed by atoms with van der Waals surface area (Å²) >= 11 is 0.797. The number of aromatic nitrogens is 3. The first-order chi connectivity index (χ1) is 16.0. The van der Waals surface area contributed by atoms with Crippen LogP contribution in [0.15, 0.2) is 29.2 Å². The summed E-state index contributed by atoms with van der Waals surface area (Å²) in [6.07, 6.45) is 4.05. The first-order valence-corrected chi connectivity index (χ1v) is 11.4. The van der Waals surface area contributed by atoms with Gasteiger partial charge in [-0.3, -0.25) is 9.59 Å². The van der Waals surface area contributed by atoms with Gasteiger partial charge in [-0.1, -0.05) is 6.07 Å². The molecule has 0 atom stereocenters. The SMILES string of the molecule is CNC(=O)S/C(C=O)=C\c1cc(OC)nc(N2CCC(CNCc3cccc(F)n3)CC2)n1. The number of hydrogen-bond donors (Lipinski definition) is 2. The number of ether oxygens (including phenoxy) is 1. The van der Waals surface area contributed by atoms with Crippen LogP contribution in [0.5, 0.6) is 5.88 Å². The number of nitrogens with one attached hydrogen (secondary N) is 2. The topological polar surface area (TPSA) is 109 Å². The summed E-state index contributed by atoms with van der Waals surface area (Å²) in [7, 11) is 3.02. The quantitative estimate of drug-likeness (QED) is 0.322. The Morgan fingerprint density at radius 2 is 2.09 bits per heavy atom. The lowest BCUT2D eigenvalue weighted by Gasteiger charge is -2.32. The smallest absolute Gasteiger partial charge is 0.283 e. The Kier molecular flexibility index (Phi) is 9.14. The number of rotatable bonds is 9. The van der Waals surface area contributed by atoms with E-state index in [1.165, 1.54) is 26.3 Å². The maximum Gasteiger partial charge on any atom is 0.283 e. The zero-order valence-corrected chi connectivity index (χ0v) is 19.4. The largest absolute Gasteiger partial charge is 0.481 e. The summed E-state index contributed by atoms with van der Waals surface area (Å²) in [5.74, 6) is 0.909. The van der Waals surface area contributed by atoms with Crippen LogP contribution in [-0.4, -0.2) is 60.3 Å². The van der Waals surface area contributed by atoms with Crippen molar-refractivity contribution in [1.29, 1.82) is 0 Å². The van der Waals surface area contributed by atoms with E-state index >= 15 is 0 Å². The Hall–Kier alpha value is -3.05. The molecule has 1 amide bonds. The van der Waals surface area contributed by atoms with Crippen molar-refractivity contribution in [2.24, 2.45) is 5.92 Å². The predicted octanol–water partition coefficient (Wildman–Crippen LogP) is 2.64. The Balaban J connectivity index is 1.59. The Bertz CT molecular complexity index is 998. The van der Waals surface area contributed by atoms with E-state index in [4.69, 9.17) is 4.74 Å². The molecule has 1 fully saturated rings. The third-order valence-corrected chi connectivity index (χ3v) is 5.99. The van der Waals surface area contributed by atoms with E-state index in [1.54, 1.807) is 18.2 Å². The summed E-state index contributed by atoms with van der Waals surface area (Å²) in [5, 5.41) is 5.48. The minimum Gasteiger partial charge on any atom is -0.481 e. The molecule has 0 aliphatic carbocycles. The molecule has 2 aromatic rings. The van der Waals surface area contributed by atoms with E-state index in [2.05, 4.69) is 30.5 Å². The monoisotopic (exact) mass is 474 g/mol. The molecule has 11 heteroatoms. The van der Waals surface area contributed by atoms with Gasteiger partial charge in [0.15, 0.2) is 6.29 Å². The van der Waals surface area contributed by atoms with Gasteiger partial charge in [-0.25, -0.2) is 9.97 Å². The molecule has 0 aromatic carbocycles. The number of amides is 1. The highest BCUT2D eigenvalue weighted by Crippen LogP contribution is 2.24. The number of carbonyl (C=O) groups excluding carboxylic acids is 2. The van der Waals surface area contributed by atoms with Crippen LogP contribution >= 0.6 is 11.8 Å². The molecule has 2 aromatic heterocycles. The van der Waals surface area contributed by atoms with E-state index in [1.807, 2.05) is 0 Å². The van der Waals surface area contributed by atoms with E-state index in [-0.39, 0.29) is 10.1 Å². The number of methoxy groups -OCH3 is 1. The number of nitrogens with zero attached hydrogens (tertiary/aromatic N) is 4. The van der Waals surface area contributed by atoms with Crippen molar-refractivity contribution in [3.05, 3.63) is 46.5 Å². The lowest BCUT2D eigenvalue weighted by atomic mass is 9.97. The van der Waals surface area contributed by atoms with Gasteiger partial charge < -0.3 is 20.3 Å². The van der Waals surface area contributed by atoms with Crippen molar-refractivity contribution in [2.45, 2.75) is 19.4 Å². The zero-order valence-electron chi connectivity index (χ0n) is 18.6. The Morgan fingerprint density at radius 3 is 2.76 bits per heavy atom. The van der Waals surface area contributed by atoms with Gasteiger partial charge in [0.05, 0.1) is 23.4 Å². The molecule has 33 heavy (non-hydrogen) atoms. The highest BCUT2D eigenvalue weighted by molar-refractivity contribution is 8.17. The third kappa shape index (κ3) is 7.50. The molecule has 1 saturated heterocycles. The standard InChI is InChI=1S/C22H27FN6O3S/c1-24-22(31)33-18(14-30)10-17-11-20(32-2)28-21(27-17)29-8-6-15(7-9-29)12-25-13-16-4-3-5-19(23)26-16/h3-5,10-11,14-15,25H,6-9,12-13H2,1-2H3,(H,24,31)/b18-10-. The van der Waals surface area contributed by atoms with Crippen LogP contribution in [0.3, 0.4) is 0 Å². The molecule has 2 N–H and O–H groups in total. The second kappa shape index (κ2) is 12.3. The molecule has 0 saturated carbocycles. The van der Waals surface area contributed by atoms with Crippen molar-refractivity contribution in [3.8, 4) is 5.88 Å². The molecule has 9 nitrogen and oxygen atoms in total. The van der Waals surface area contributed by atoms with Crippen LogP contribution in [0.4, 0.5) is 15.1 Å². The fourth-order valence-corrected chi connectivity index (χ4v) is 3.98. The molecule has 0 unspecified atom stereocenters. The maximum atomic E-state index is 13.2. The first kappa shape index (κ1) is 24.6. The molecule has 1 aliphatic heterocycles. The van der Waals surface area contributed by atoms with E-state index < -0.39 is 5.95 Å². The summed E-state index contributed by atoms with van der Waals surface area (Å²) in [6.45, 7) is 2.89. The number of allylic oxidation sites excluding steroid dienone is 1. The van der Waals surface area contributed by atoms with Gasteiger partial charge in [0, 0.05) is 32.7 Å². The van der Waals surface area contributed by atoms with E-state index in [0.717, 1.165) is 44.2 Å². The molecule has 0 bridgehead atoms. The number of pyridine rings is 1. The highest BCUT2D eigenvalue weighted by atomic mass is 32.2. The molecule has 3 heterocycles. The number of thioether (sulfide) groups is 1. The second-order valence-corrected chi connectivity index (χ2v) is 8.50. The molecule has 0 radical (unpaired) electrons. The fourth-order valence-electron chi connectivity index (χ4n) is 3.43. The van der Waals surface area contributed by atoms with Crippen molar-refractivity contribution in [3.63, 3.8) is 0 Å². The van der Waals surface area contributed by atoms with E-state index in [9.17, 15) is 14.0 Å². The number of aldehydes is 1. The van der Waals surface area contributed by atoms with Gasteiger partial charge >= 0.3 is 0 Å². The summed E-state index contributed by atoms with van der Waals surface area (Å²) in [5.41, 5.74) is 1.17. The fraction of sp³-hybridized carbons (Fsp3) is 0.409. The lowest BCUT2D eigenvalue weighted by molar-refractivity contribution is -0.104. The van der Waals surface area contributed by atoms with E-state index in [0.29, 0.717) is 42.0 Å². The third-order valence-electron chi connectivity index (χ3n) is 5.15. The zero-order chi connectivity index (χ0) is 23.6. The molecule has 0 spiro atoms. The van der Waals surface area contributed by atoms with Crippen LogP contribution in [0, 0.1) is 11.9 Å². The van der Waals surface area contributed by atoms with Gasteiger partial charge in [0.1, 0.15) is 0 Å². The van der Waals surface area contributed by atoms with Crippen LogP contribution in [0.25, 0.3) is 6.08 Å². The summed E-state index contributed by atoms with van der Waals surface area (Å²) in [4.78, 5) is 38.1. The van der Waals surface area contributed by atoms with Gasteiger partial charge in [0.25, 0.3) is 5.24 Å². The van der Waals surface area contributed by atoms with Crippen LogP contribution in [-0.2, 0) is 11.3 Å². The van der Waals surface area contributed by atoms with Crippen LogP contribution in [0.1, 0.15) is 24.2 Å². The van der Waals surface area contributed by atoms with Crippen molar-refractivity contribution >= 4 is 35.3 Å². The lowest BCUT2D eigenvalue weighted by Crippen LogP contribution is -2.38. The molecule has 176 valence electrons.